The maximum atomic E-state index is 6.63. The lowest BCUT2D eigenvalue weighted by Gasteiger charge is -2.30. The van der Waals surface area contributed by atoms with Gasteiger partial charge in [0.05, 0.1) is 0 Å². The van der Waals surface area contributed by atoms with Crippen LogP contribution in [-0.2, 0) is 6.42 Å². The van der Waals surface area contributed by atoms with E-state index in [1.165, 1.54) is 43.2 Å². The van der Waals surface area contributed by atoms with Crippen LogP contribution in [0.5, 0.6) is 0 Å². The molecule has 0 radical (unpaired) electrons. The Morgan fingerprint density at radius 2 is 1.85 bits per heavy atom. The van der Waals surface area contributed by atoms with Crippen LogP contribution in [0.25, 0.3) is 0 Å². The molecule has 2 atom stereocenters. The quantitative estimate of drug-likeness (QED) is 0.624. The Morgan fingerprint density at radius 3 is 2.45 bits per heavy atom. The fourth-order valence-electron chi connectivity index (χ4n) is 4.38. The number of benzene rings is 1. The van der Waals surface area contributed by atoms with E-state index in [4.69, 9.17) is 11.6 Å². The Kier molecular flexibility index (Phi) is 4.08. The van der Waals surface area contributed by atoms with Crippen LogP contribution >= 0.6 is 11.6 Å². The number of rotatable bonds is 2. The summed E-state index contributed by atoms with van der Waals surface area (Å²) < 4.78 is 0. The van der Waals surface area contributed by atoms with E-state index in [0.29, 0.717) is 5.92 Å². The minimum atomic E-state index is 0.687. The third kappa shape index (κ3) is 2.61. The Bertz CT molecular complexity index is 549. The van der Waals surface area contributed by atoms with Gasteiger partial charge >= 0.3 is 0 Å². The van der Waals surface area contributed by atoms with Crippen molar-refractivity contribution in [1.29, 1.82) is 0 Å². The first-order valence-corrected chi connectivity index (χ1v) is 8.34. The van der Waals surface area contributed by atoms with Gasteiger partial charge in [0.1, 0.15) is 0 Å². The van der Waals surface area contributed by atoms with Crippen LogP contribution in [0.3, 0.4) is 0 Å². The van der Waals surface area contributed by atoms with E-state index in [1.807, 2.05) is 6.92 Å². The van der Waals surface area contributed by atoms with Gasteiger partial charge < -0.3 is 0 Å². The number of hydrogen-bond donors (Lipinski definition) is 0. The Morgan fingerprint density at radius 1 is 1.15 bits per heavy atom. The van der Waals surface area contributed by atoms with Crippen molar-refractivity contribution in [3.63, 3.8) is 0 Å². The third-order valence-electron chi connectivity index (χ3n) is 5.16. The van der Waals surface area contributed by atoms with E-state index in [9.17, 15) is 0 Å². The zero-order valence-corrected chi connectivity index (χ0v) is 13.3. The summed E-state index contributed by atoms with van der Waals surface area (Å²) in [5, 5.41) is 0.952. The molecule has 0 spiro atoms. The summed E-state index contributed by atoms with van der Waals surface area (Å²) >= 11 is 6.63. The van der Waals surface area contributed by atoms with E-state index in [-0.39, 0.29) is 0 Å². The van der Waals surface area contributed by atoms with Gasteiger partial charge in [-0.15, -0.1) is 5.92 Å². The fraction of sp³-hybridized carbons (Fsp3) is 0.579. The highest BCUT2D eigenvalue weighted by Crippen LogP contribution is 2.50. The number of fused-ring (bicyclic) bond motifs is 2. The minimum Gasteiger partial charge on any atom is -0.101 e. The molecule has 1 heteroatoms. The largest absolute Gasteiger partial charge is 0.101 e. The molecule has 0 N–H and O–H groups in total. The molecule has 0 saturated heterocycles. The normalized spacial score (nSPS) is 28.1. The maximum absolute atomic E-state index is 6.63. The summed E-state index contributed by atoms with van der Waals surface area (Å²) in [6, 6.07) is 4.33. The SMILES string of the molecule is CC#Cc1cc(Cl)c(C2CC3CCC(C3)C2)c(CC)c1. The second kappa shape index (κ2) is 5.82. The Hall–Kier alpha value is -0.930. The molecule has 0 nitrogen and oxygen atoms in total. The maximum Gasteiger partial charge on any atom is 0.0455 e. The molecule has 2 saturated carbocycles. The molecule has 106 valence electrons. The van der Waals surface area contributed by atoms with Crippen molar-refractivity contribution in [2.45, 2.75) is 58.3 Å². The molecule has 3 rings (SSSR count). The average molecular weight is 287 g/mol. The first-order chi connectivity index (χ1) is 9.71. The van der Waals surface area contributed by atoms with E-state index < -0.39 is 0 Å². The fourth-order valence-corrected chi connectivity index (χ4v) is 4.78. The summed E-state index contributed by atoms with van der Waals surface area (Å²) in [5.74, 6) is 8.72. The molecule has 2 aliphatic carbocycles. The van der Waals surface area contributed by atoms with Gasteiger partial charge in [-0.1, -0.05) is 37.3 Å². The molecule has 1 aromatic carbocycles. The van der Waals surface area contributed by atoms with Crippen LogP contribution in [0.4, 0.5) is 0 Å². The number of aryl methyl sites for hydroxylation is 1. The average Bonchev–Trinajstić information content (AvgIpc) is 2.77. The first kappa shape index (κ1) is 14.0. The molecular formula is C19H23Cl. The van der Waals surface area contributed by atoms with Gasteiger partial charge in [-0.25, -0.2) is 0 Å². The van der Waals surface area contributed by atoms with Crippen LogP contribution in [0.2, 0.25) is 5.02 Å². The molecule has 1 aromatic rings. The zero-order valence-electron chi connectivity index (χ0n) is 12.5. The summed E-state index contributed by atoms with van der Waals surface area (Å²) in [6.07, 6.45) is 8.11. The third-order valence-corrected chi connectivity index (χ3v) is 5.47. The standard InChI is InChI=1S/C19H23Cl/c1-3-5-13-9-16(4-2)19(18(20)12-13)17-10-14-6-7-15(8-14)11-17/h9,12,14-15,17H,4,6-8,10-11H2,1-2H3. The van der Waals surface area contributed by atoms with Crippen LogP contribution in [0.1, 0.15) is 68.6 Å². The molecule has 0 aromatic heterocycles. The molecule has 2 fully saturated rings. The number of halogens is 1. The van der Waals surface area contributed by atoms with Crippen LogP contribution < -0.4 is 0 Å². The lowest BCUT2D eigenvalue weighted by molar-refractivity contribution is 0.319. The van der Waals surface area contributed by atoms with Crippen molar-refractivity contribution in [1.82, 2.24) is 0 Å². The van der Waals surface area contributed by atoms with Gasteiger partial charge in [-0.3, -0.25) is 0 Å². The van der Waals surface area contributed by atoms with E-state index in [2.05, 4.69) is 30.9 Å². The topological polar surface area (TPSA) is 0 Å². The van der Waals surface area contributed by atoms with Gasteiger partial charge in [0, 0.05) is 10.6 Å². The highest BCUT2D eigenvalue weighted by molar-refractivity contribution is 6.31. The van der Waals surface area contributed by atoms with Crippen LogP contribution in [0.15, 0.2) is 12.1 Å². The van der Waals surface area contributed by atoms with E-state index in [1.54, 1.807) is 0 Å². The second-order valence-electron chi connectivity index (χ2n) is 6.47. The molecule has 0 heterocycles. The molecule has 2 unspecified atom stereocenters. The van der Waals surface area contributed by atoms with Crippen LogP contribution in [-0.4, -0.2) is 0 Å². The van der Waals surface area contributed by atoms with Gasteiger partial charge in [0.25, 0.3) is 0 Å². The second-order valence-corrected chi connectivity index (χ2v) is 6.88. The summed E-state index contributed by atoms with van der Waals surface area (Å²) in [5.41, 5.74) is 3.92. The van der Waals surface area contributed by atoms with Crippen molar-refractivity contribution >= 4 is 11.6 Å². The lowest BCUT2D eigenvalue weighted by atomic mass is 9.76. The van der Waals surface area contributed by atoms with Crippen molar-refractivity contribution in [2.75, 3.05) is 0 Å². The van der Waals surface area contributed by atoms with E-state index in [0.717, 1.165) is 28.8 Å². The van der Waals surface area contributed by atoms with Gasteiger partial charge in [-0.2, -0.15) is 0 Å². The predicted molar refractivity (Wildman–Crippen MR) is 86.2 cm³/mol. The molecule has 20 heavy (non-hydrogen) atoms. The van der Waals surface area contributed by atoms with Gasteiger partial charge in [0.15, 0.2) is 0 Å². The van der Waals surface area contributed by atoms with Crippen molar-refractivity contribution in [3.05, 3.63) is 33.8 Å². The highest BCUT2D eigenvalue weighted by Gasteiger charge is 2.36. The van der Waals surface area contributed by atoms with Gasteiger partial charge in [-0.05, 0) is 73.6 Å². The molecular weight excluding hydrogens is 264 g/mol. The van der Waals surface area contributed by atoms with Crippen molar-refractivity contribution < 1.29 is 0 Å². The molecule has 2 bridgehead atoms. The first-order valence-electron chi connectivity index (χ1n) is 7.96. The molecule has 0 aliphatic heterocycles. The summed E-state index contributed by atoms with van der Waals surface area (Å²) in [7, 11) is 0. The summed E-state index contributed by atoms with van der Waals surface area (Å²) in [4.78, 5) is 0. The minimum absolute atomic E-state index is 0.687. The Balaban J connectivity index is 1.97. The summed E-state index contributed by atoms with van der Waals surface area (Å²) in [6.45, 7) is 4.11. The lowest BCUT2D eigenvalue weighted by Crippen LogP contribution is -2.16. The van der Waals surface area contributed by atoms with Crippen molar-refractivity contribution in [3.8, 4) is 11.8 Å². The Labute approximate surface area is 127 Å². The number of hydrogen-bond acceptors (Lipinski definition) is 0. The van der Waals surface area contributed by atoms with E-state index >= 15 is 0 Å². The van der Waals surface area contributed by atoms with Crippen molar-refractivity contribution in [2.24, 2.45) is 11.8 Å². The smallest absolute Gasteiger partial charge is 0.0455 e. The zero-order chi connectivity index (χ0) is 14.1. The van der Waals surface area contributed by atoms with Crippen LogP contribution in [0, 0.1) is 23.7 Å². The monoisotopic (exact) mass is 286 g/mol. The predicted octanol–water partition coefficient (Wildman–Crippen LogP) is 5.57. The van der Waals surface area contributed by atoms with Gasteiger partial charge in [0.2, 0.25) is 0 Å². The molecule has 2 aliphatic rings. The molecule has 0 amide bonds. The highest BCUT2D eigenvalue weighted by atomic mass is 35.5.